The molecular weight excluding hydrogens is 362 g/mol. The zero-order valence-electron chi connectivity index (χ0n) is 12.7. The van der Waals surface area contributed by atoms with Crippen molar-refractivity contribution in [2.45, 2.75) is 19.0 Å². The number of aromatic nitrogens is 3. The van der Waals surface area contributed by atoms with Gasteiger partial charge in [-0.3, -0.25) is 4.98 Å². The van der Waals surface area contributed by atoms with Crippen LogP contribution in [0.4, 0.5) is 17.6 Å². The second kappa shape index (κ2) is 6.44. The predicted octanol–water partition coefficient (Wildman–Crippen LogP) is 4.76. The summed E-state index contributed by atoms with van der Waals surface area (Å²) in [7, 11) is 0. The molecule has 130 valence electrons. The fourth-order valence-electron chi connectivity index (χ4n) is 2.38. The second-order valence-electron chi connectivity index (χ2n) is 5.28. The number of hydrogen-bond donors (Lipinski definition) is 0. The van der Waals surface area contributed by atoms with Gasteiger partial charge in [-0.15, -0.1) is 0 Å². The minimum absolute atomic E-state index is 0.00273. The van der Waals surface area contributed by atoms with E-state index in [0.717, 1.165) is 12.1 Å². The molecule has 3 rings (SSSR count). The largest absolute Gasteiger partial charge is 0.416 e. The molecule has 25 heavy (non-hydrogen) atoms. The van der Waals surface area contributed by atoms with Gasteiger partial charge in [0.1, 0.15) is 5.82 Å². The molecule has 0 spiro atoms. The van der Waals surface area contributed by atoms with E-state index in [4.69, 9.17) is 16.1 Å². The zero-order valence-corrected chi connectivity index (χ0v) is 13.4. The maximum atomic E-state index is 13.8. The Balaban J connectivity index is 2.18. The molecular formula is C16H10ClF4N3O. The van der Waals surface area contributed by atoms with Gasteiger partial charge in [-0.1, -0.05) is 16.8 Å². The molecule has 0 radical (unpaired) electrons. The van der Waals surface area contributed by atoms with E-state index in [1.54, 1.807) is 0 Å². The molecule has 1 atom stereocenters. The van der Waals surface area contributed by atoms with Crippen molar-refractivity contribution in [1.29, 1.82) is 0 Å². The van der Waals surface area contributed by atoms with Crippen LogP contribution in [-0.2, 0) is 6.18 Å². The Morgan fingerprint density at radius 3 is 2.48 bits per heavy atom. The molecule has 4 nitrogen and oxygen atoms in total. The van der Waals surface area contributed by atoms with Gasteiger partial charge in [0, 0.05) is 13.1 Å². The number of alkyl halides is 3. The summed E-state index contributed by atoms with van der Waals surface area (Å²) in [5.41, 5.74) is -0.798. The van der Waals surface area contributed by atoms with Crippen LogP contribution >= 0.6 is 11.6 Å². The molecule has 0 saturated carbocycles. The highest BCUT2D eigenvalue weighted by atomic mass is 35.5. The molecule has 0 fully saturated rings. The number of pyridine rings is 1. The van der Waals surface area contributed by atoms with Crippen molar-refractivity contribution in [2.24, 2.45) is 0 Å². The van der Waals surface area contributed by atoms with E-state index < -0.39 is 23.5 Å². The Morgan fingerprint density at radius 1 is 1.16 bits per heavy atom. The summed E-state index contributed by atoms with van der Waals surface area (Å²) in [6.07, 6.45) is -3.36. The third-order valence-electron chi connectivity index (χ3n) is 3.43. The van der Waals surface area contributed by atoms with Crippen LogP contribution in [0.25, 0.3) is 0 Å². The van der Waals surface area contributed by atoms with E-state index in [1.807, 2.05) is 0 Å². The lowest BCUT2D eigenvalue weighted by Crippen LogP contribution is -2.11. The van der Waals surface area contributed by atoms with Crippen molar-refractivity contribution in [1.82, 2.24) is 15.1 Å². The first kappa shape index (κ1) is 17.3. The summed E-state index contributed by atoms with van der Waals surface area (Å²) < 4.78 is 57.8. The summed E-state index contributed by atoms with van der Waals surface area (Å²) in [6.45, 7) is 1.54. The molecule has 9 heteroatoms. The highest BCUT2D eigenvalue weighted by Crippen LogP contribution is 2.35. The fourth-order valence-corrected chi connectivity index (χ4v) is 2.50. The highest BCUT2D eigenvalue weighted by molar-refractivity contribution is 6.30. The van der Waals surface area contributed by atoms with Gasteiger partial charge in [-0.2, -0.15) is 18.2 Å². The number of benzene rings is 1. The van der Waals surface area contributed by atoms with Gasteiger partial charge in [0.15, 0.2) is 5.82 Å². The van der Waals surface area contributed by atoms with E-state index in [-0.39, 0.29) is 17.3 Å². The van der Waals surface area contributed by atoms with Crippen LogP contribution in [-0.4, -0.2) is 15.1 Å². The molecule has 0 N–H and O–H groups in total. The molecule has 0 bridgehead atoms. The number of halogens is 5. The normalized spacial score (nSPS) is 13.0. The highest BCUT2D eigenvalue weighted by Gasteiger charge is 2.33. The van der Waals surface area contributed by atoms with Crippen LogP contribution in [0, 0.1) is 12.7 Å². The standard InChI is InChI=1S/C16H10ClF4N3O/c1-8-23-15(24-25-8)14(13-3-2-11(17)7-22-13)9-4-10(16(19,20)21)6-12(18)5-9/h2-7,14H,1H3. The number of aryl methyl sites for hydroxylation is 1. The number of rotatable bonds is 3. The lowest BCUT2D eigenvalue weighted by molar-refractivity contribution is -0.137. The Morgan fingerprint density at radius 2 is 1.92 bits per heavy atom. The predicted molar refractivity (Wildman–Crippen MR) is 80.6 cm³/mol. The third kappa shape index (κ3) is 3.79. The summed E-state index contributed by atoms with van der Waals surface area (Å²) in [6, 6.07) is 5.29. The third-order valence-corrected chi connectivity index (χ3v) is 3.65. The van der Waals surface area contributed by atoms with Crippen LogP contribution in [0.2, 0.25) is 5.02 Å². The molecule has 0 aliphatic heterocycles. The van der Waals surface area contributed by atoms with Gasteiger partial charge in [0.05, 0.1) is 22.2 Å². The van der Waals surface area contributed by atoms with E-state index in [2.05, 4.69) is 15.1 Å². The van der Waals surface area contributed by atoms with Gasteiger partial charge in [0.25, 0.3) is 0 Å². The van der Waals surface area contributed by atoms with E-state index >= 15 is 0 Å². The Bertz CT molecular complexity index is 893. The minimum Gasteiger partial charge on any atom is -0.340 e. The Kier molecular flexibility index (Phi) is 4.47. The lowest BCUT2D eigenvalue weighted by atomic mass is 9.92. The van der Waals surface area contributed by atoms with Gasteiger partial charge >= 0.3 is 6.18 Å². The van der Waals surface area contributed by atoms with Crippen LogP contribution < -0.4 is 0 Å². The lowest BCUT2D eigenvalue weighted by Gasteiger charge is -2.16. The zero-order chi connectivity index (χ0) is 18.2. The van der Waals surface area contributed by atoms with Crippen molar-refractivity contribution in [3.63, 3.8) is 0 Å². The Hall–Kier alpha value is -2.48. The Labute approximate surface area is 144 Å². The maximum Gasteiger partial charge on any atom is 0.416 e. The van der Waals surface area contributed by atoms with Crippen LogP contribution in [0.1, 0.15) is 34.5 Å². The molecule has 3 aromatic rings. The second-order valence-corrected chi connectivity index (χ2v) is 5.71. The minimum atomic E-state index is -4.69. The van der Waals surface area contributed by atoms with E-state index in [1.165, 1.54) is 25.3 Å². The molecule has 2 aromatic heterocycles. The van der Waals surface area contributed by atoms with Crippen molar-refractivity contribution >= 4 is 11.6 Å². The fraction of sp³-hybridized carbons (Fsp3) is 0.188. The van der Waals surface area contributed by atoms with Crippen LogP contribution in [0.3, 0.4) is 0 Å². The number of hydrogen-bond acceptors (Lipinski definition) is 4. The summed E-state index contributed by atoms with van der Waals surface area (Å²) >= 11 is 5.80. The molecule has 2 heterocycles. The number of nitrogens with zero attached hydrogens (tertiary/aromatic N) is 3. The smallest absolute Gasteiger partial charge is 0.340 e. The average Bonchev–Trinajstić information content (AvgIpc) is 2.94. The first-order chi connectivity index (χ1) is 11.7. The van der Waals surface area contributed by atoms with Gasteiger partial charge < -0.3 is 4.52 Å². The average molecular weight is 372 g/mol. The van der Waals surface area contributed by atoms with Gasteiger partial charge in [0.2, 0.25) is 5.89 Å². The molecule has 0 saturated heterocycles. The SMILES string of the molecule is Cc1nc(C(c2cc(F)cc(C(F)(F)F)c2)c2ccc(Cl)cn2)no1. The summed E-state index contributed by atoms with van der Waals surface area (Å²) in [5, 5.41) is 4.10. The summed E-state index contributed by atoms with van der Waals surface area (Å²) in [5.74, 6) is -1.66. The summed E-state index contributed by atoms with van der Waals surface area (Å²) in [4.78, 5) is 8.16. The molecule has 0 aliphatic rings. The first-order valence-corrected chi connectivity index (χ1v) is 7.41. The van der Waals surface area contributed by atoms with Crippen molar-refractivity contribution in [3.05, 3.63) is 75.9 Å². The molecule has 0 aliphatic carbocycles. The maximum absolute atomic E-state index is 13.8. The van der Waals surface area contributed by atoms with E-state index in [9.17, 15) is 17.6 Å². The first-order valence-electron chi connectivity index (χ1n) is 7.03. The van der Waals surface area contributed by atoms with Crippen LogP contribution in [0.5, 0.6) is 0 Å². The van der Waals surface area contributed by atoms with E-state index in [0.29, 0.717) is 16.8 Å². The van der Waals surface area contributed by atoms with Gasteiger partial charge in [-0.25, -0.2) is 4.39 Å². The molecule has 0 amide bonds. The van der Waals surface area contributed by atoms with Crippen molar-refractivity contribution in [2.75, 3.05) is 0 Å². The molecule has 1 aromatic carbocycles. The quantitative estimate of drug-likeness (QED) is 0.623. The van der Waals surface area contributed by atoms with Crippen molar-refractivity contribution in [3.8, 4) is 0 Å². The van der Waals surface area contributed by atoms with Gasteiger partial charge in [-0.05, 0) is 35.9 Å². The topological polar surface area (TPSA) is 51.8 Å². The van der Waals surface area contributed by atoms with Crippen LogP contribution in [0.15, 0.2) is 41.1 Å². The van der Waals surface area contributed by atoms with Crippen molar-refractivity contribution < 1.29 is 22.1 Å². The monoisotopic (exact) mass is 371 g/mol. The molecule has 1 unspecified atom stereocenters.